The maximum Gasteiger partial charge on any atom is 0.321 e. The van der Waals surface area contributed by atoms with Crippen LogP contribution in [0.2, 0.25) is 0 Å². The Kier molecular flexibility index (Phi) is 9.03. The van der Waals surface area contributed by atoms with E-state index in [1.54, 1.807) is 15.7 Å². The summed E-state index contributed by atoms with van der Waals surface area (Å²) in [4.78, 5) is 26.0. The van der Waals surface area contributed by atoms with Gasteiger partial charge in [0, 0.05) is 58.8 Å². The quantitative estimate of drug-likeness (QED) is 0.606. The van der Waals surface area contributed by atoms with Crippen LogP contribution in [0.25, 0.3) is 0 Å². The summed E-state index contributed by atoms with van der Waals surface area (Å²) in [6.07, 6.45) is 5.42. The zero-order chi connectivity index (χ0) is 23.0. The number of carbonyl (C=O) groups is 2. The first-order chi connectivity index (χ1) is 15.4. The Labute approximate surface area is 191 Å². The molecule has 0 atom stereocenters. The van der Waals surface area contributed by atoms with E-state index >= 15 is 0 Å². The second-order valence-corrected chi connectivity index (χ2v) is 10.5. The first kappa shape index (κ1) is 24.6. The van der Waals surface area contributed by atoms with E-state index in [-0.39, 0.29) is 18.4 Å². The second-order valence-electron chi connectivity index (χ2n) is 8.52. The van der Waals surface area contributed by atoms with Crippen molar-refractivity contribution in [3.8, 4) is 0 Å². The van der Waals surface area contributed by atoms with E-state index in [2.05, 4.69) is 15.5 Å². The molecular formula is C22H35N5O4S. The van der Waals surface area contributed by atoms with Crippen LogP contribution in [0.1, 0.15) is 44.1 Å². The van der Waals surface area contributed by atoms with Crippen molar-refractivity contribution in [1.82, 2.24) is 24.1 Å². The molecular weight excluding hydrogens is 430 g/mol. The molecule has 9 nitrogen and oxygen atoms in total. The van der Waals surface area contributed by atoms with E-state index in [1.165, 1.54) is 6.42 Å². The van der Waals surface area contributed by atoms with Gasteiger partial charge in [0.25, 0.3) is 10.2 Å². The summed E-state index contributed by atoms with van der Waals surface area (Å²) in [5.41, 5.74) is 0.956. The molecule has 1 heterocycles. The van der Waals surface area contributed by atoms with Gasteiger partial charge < -0.3 is 10.2 Å². The molecule has 1 aromatic rings. The van der Waals surface area contributed by atoms with E-state index < -0.39 is 16.2 Å². The Hall–Kier alpha value is -2.01. The van der Waals surface area contributed by atoms with Crippen LogP contribution < -0.4 is 10.6 Å². The highest BCUT2D eigenvalue weighted by molar-refractivity contribution is 7.86. The third kappa shape index (κ3) is 6.99. The Morgan fingerprint density at radius 1 is 1.03 bits per heavy atom. The van der Waals surface area contributed by atoms with Crippen molar-refractivity contribution in [2.45, 2.75) is 51.1 Å². The molecule has 0 radical (unpaired) electrons. The molecule has 0 aromatic heterocycles. The van der Waals surface area contributed by atoms with Gasteiger partial charge in [-0.05, 0) is 18.4 Å². The summed E-state index contributed by atoms with van der Waals surface area (Å²) in [5, 5.41) is 5.01. The Morgan fingerprint density at radius 2 is 1.69 bits per heavy atom. The number of hydrogen-bond acceptors (Lipinski definition) is 5. The van der Waals surface area contributed by atoms with Crippen molar-refractivity contribution >= 4 is 22.1 Å². The smallest absolute Gasteiger partial charge is 0.321 e. The minimum atomic E-state index is -3.45. The fourth-order valence-electron chi connectivity index (χ4n) is 4.27. The van der Waals surface area contributed by atoms with Crippen LogP contribution in [-0.4, -0.2) is 79.7 Å². The minimum absolute atomic E-state index is 0.100. The Bertz CT molecular complexity index is 850. The number of urea groups is 1. The number of carbonyl (C=O) groups excluding carboxylic acids is 2. The van der Waals surface area contributed by atoms with Gasteiger partial charge in [0.15, 0.2) is 0 Å². The first-order valence-electron chi connectivity index (χ1n) is 11.4. The lowest BCUT2D eigenvalue weighted by Gasteiger charge is -2.38. The molecule has 2 fully saturated rings. The number of piperazine rings is 1. The number of benzene rings is 1. The summed E-state index contributed by atoms with van der Waals surface area (Å²) >= 11 is 0. The highest BCUT2D eigenvalue weighted by Gasteiger charge is 2.34. The van der Waals surface area contributed by atoms with Crippen LogP contribution >= 0.6 is 0 Å². The highest BCUT2D eigenvalue weighted by Crippen LogP contribution is 2.25. The summed E-state index contributed by atoms with van der Waals surface area (Å²) in [5.74, 6) is -0.345. The number of nitrogens with zero attached hydrogens (tertiary/aromatic N) is 3. The van der Waals surface area contributed by atoms with Gasteiger partial charge in [-0.3, -0.25) is 10.1 Å². The zero-order valence-corrected chi connectivity index (χ0v) is 19.6. The highest BCUT2D eigenvalue weighted by atomic mass is 32.2. The zero-order valence-electron chi connectivity index (χ0n) is 18.8. The molecule has 1 aliphatic heterocycles. The predicted octanol–water partition coefficient (Wildman–Crippen LogP) is 1.53. The standard InChI is InChI=1S/C22H35N5O4S/c1-25(20-10-6-3-7-11-20)32(30,31)27-16-14-26(15-17-27)13-12-21(28)24-22(29)23-18-19-8-4-2-5-9-19/h2,4-5,8-9,20H,3,6-7,10-18H2,1H3,(H2,23,24,28,29). The first-order valence-corrected chi connectivity index (χ1v) is 12.8. The van der Waals surface area contributed by atoms with Crippen molar-refractivity contribution in [2.24, 2.45) is 0 Å². The molecule has 1 aliphatic carbocycles. The van der Waals surface area contributed by atoms with E-state index in [0.717, 1.165) is 31.2 Å². The third-order valence-electron chi connectivity index (χ3n) is 6.31. The van der Waals surface area contributed by atoms with Crippen LogP contribution in [0.3, 0.4) is 0 Å². The molecule has 1 saturated carbocycles. The molecule has 178 valence electrons. The molecule has 3 amide bonds. The van der Waals surface area contributed by atoms with E-state index in [9.17, 15) is 18.0 Å². The molecule has 1 aromatic carbocycles. The molecule has 32 heavy (non-hydrogen) atoms. The summed E-state index contributed by atoms with van der Waals surface area (Å²) in [6, 6.07) is 9.06. The van der Waals surface area contributed by atoms with Crippen molar-refractivity contribution in [3.63, 3.8) is 0 Å². The van der Waals surface area contributed by atoms with Crippen LogP contribution in [0.5, 0.6) is 0 Å². The lowest BCUT2D eigenvalue weighted by molar-refractivity contribution is -0.120. The SMILES string of the molecule is CN(C1CCCCC1)S(=O)(=O)N1CCN(CCC(=O)NC(=O)NCc2ccccc2)CC1. The monoisotopic (exact) mass is 465 g/mol. The average Bonchev–Trinajstić information content (AvgIpc) is 2.82. The molecule has 0 bridgehead atoms. The van der Waals surface area contributed by atoms with Gasteiger partial charge in [0.2, 0.25) is 5.91 Å². The van der Waals surface area contributed by atoms with Crippen molar-refractivity contribution in [1.29, 1.82) is 0 Å². The maximum absolute atomic E-state index is 13.0. The Balaban J connectivity index is 1.35. The molecule has 0 unspecified atom stereocenters. The number of amides is 3. The van der Waals surface area contributed by atoms with Gasteiger partial charge in [0.1, 0.15) is 0 Å². The van der Waals surface area contributed by atoms with E-state index in [0.29, 0.717) is 39.3 Å². The molecule has 1 saturated heterocycles. The summed E-state index contributed by atoms with van der Waals surface area (Å²) in [7, 11) is -1.75. The van der Waals surface area contributed by atoms with Crippen LogP contribution in [0, 0.1) is 0 Å². The van der Waals surface area contributed by atoms with Crippen molar-refractivity contribution in [2.75, 3.05) is 39.8 Å². The number of nitrogens with one attached hydrogen (secondary N) is 2. The van der Waals surface area contributed by atoms with E-state index in [1.807, 2.05) is 30.3 Å². The molecule has 0 spiro atoms. The van der Waals surface area contributed by atoms with Crippen LogP contribution in [0.4, 0.5) is 4.79 Å². The number of imide groups is 1. The normalized spacial score (nSPS) is 19.1. The minimum Gasteiger partial charge on any atom is -0.334 e. The number of hydrogen-bond donors (Lipinski definition) is 2. The molecule has 3 rings (SSSR count). The van der Waals surface area contributed by atoms with E-state index in [4.69, 9.17) is 0 Å². The molecule has 2 aliphatic rings. The fraction of sp³-hybridized carbons (Fsp3) is 0.636. The molecule has 10 heteroatoms. The van der Waals surface area contributed by atoms with Gasteiger partial charge in [-0.15, -0.1) is 0 Å². The lowest BCUT2D eigenvalue weighted by Crippen LogP contribution is -2.54. The van der Waals surface area contributed by atoms with Gasteiger partial charge in [0.05, 0.1) is 0 Å². The lowest BCUT2D eigenvalue weighted by atomic mass is 9.96. The van der Waals surface area contributed by atoms with Crippen LogP contribution in [0.15, 0.2) is 30.3 Å². The summed E-state index contributed by atoms with van der Waals surface area (Å²) in [6.45, 7) is 2.82. The second kappa shape index (κ2) is 11.7. The van der Waals surface area contributed by atoms with Crippen LogP contribution in [-0.2, 0) is 21.5 Å². The topological polar surface area (TPSA) is 102 Å². The predicted molar refractivity (Wildman–Crippen MR) is 123 cm³/mol. The van der Waals surface area contributed by atoms with Gasteiger partial charge in [-0.25, -0.2) is 4.79 Å². The fourth-order valence-corrected chi connectivity index (χ4v) is 5.85. The largest absolute Gasteiger partial charge is 0.334 e. The number of rotatable bonds is 8. The van der Waals surface area contributed by atoms with Gasteiger partial charge >= 0.3 is 6.03 Å². The molecule has 2 N–H and O–H groups in total. The van der Waals surface area contributed by atoms with Gasteiger partial charge in [-0.2, -0.15) is 17.0 Å². The maximum atomic E-state index is 13.0. The Morgan fingerprint density at radius 3 is 2.34 bits per heavy atom. The third-order valence-corrected chi connectivity index (χ3v) is 8.36. The van der Waals surface area contributed by atoms with Crippen molar-refractivity contribution in [3.05, 3.63) is 35.9 Å². The van der Waals surface area contributed by atoms with Gasteiger partial charge in [-0.1, -0.05) is 49.6 Å². The average molecular weight is 466 g/mol. The summed E-state index contributed by atoms with van der Waals surface area (Å²) < 4.78 is 29.0. The van der Waals surface area contributed by atoms with Crippen molar-refractivity contribution < 1.29 is 18.0 Å².